The Morgan fingerprint density at radius 2 is 1.07 bits per heavy atom. The molecule has 76 heavy (non-hydrogen) atoms. The van der Waals surface area contributed by atoms with E-state index in [9.17, 15) is 86.5 Å². The van der Waals surface area contributed by atoms with Crippen molar-refractivity contribution in [2.24, 2.45) is 34.0 Å². The van der Waals surface area contributed by atoms with Crippen LogP contribution in [0.5, 0.6) is 0 Å². The Kier molecular flexibility index (Phi) is 17.7. The van der Waals surface area contributed by atoms with Crippen molar-refractivity contribution in [1.29, 1.82) is 0 Å². The molecule has 436 valence electrons. The van der Waals surface area contributed by atoms with Gasteiger partial charge in [-0.25, -0.2) is 0 Å². The van der Waals surface area contributed by atoms with Crippen LogP contribution in [0.1, 0.15) is 65.2 Å². The third-order valence-corrected chi connectivity index (χ3v) is 18.7. The lowest BCUT2D eigenvalue weighted by molar-refractivity contribution is -0.398. The van der Waals surface area contributed by atoms with Crippen molar-refractivity contribution < 1.29 is 134 Å². The second kappa shape index (κ2) is 22.9. The Hall–Kier alpha value is -1.79. The smallest absolute Gasteiger partial charge is 0.314 e. The van der Waals surface area contributed by atoms with Gasteiger partial charge in [-0.2, -0.15) is 0 Å². The van der Waals surface area contributed by atoms with Gasteiger partial charge >= 0.3 is 5.97 Å². The first-order chi connectivity index (χ1) is 36.0. The Balaban J connectivity index is 0.965. The highest BCUT2D eigenvalue weighted by molar-refractivity contribution is 5.77. The average molecular weight is 1100 g/mol. The predicted molar refractivity (Wildman–Crippen MR) is 246 cm³/mol. The van der Waals surface area contributed by atoms with Crippen LogP contribution >= 0.6 is 0 Å². The zero-order valence-corrected chi connectivity index (χ0v) is 42.2. The lowest BCUT2D eigenvalue weighted by Crippen LogP contribution is -2.68. The van der Waals surface area contributed by atoms with Crippen LogP contribution in [0.25, 0.3) is 0 Å². The van der Waals surface area contributed by atoms with Crippen molar-refractivity contribution in [3.8, 4) is 0 Å². The van der Waals surface area contributed by atoms with Crippen LogP contribution in [0, 0.1) is 34.0 Å². The summed E-state index contributed by atoms with van der Waals surface area (Å²) in [6.07, 6.45) is -37.8. The summed E-state index contributed by atoms with van der Waals surface area (Å²) >= 11 is 0. The fraction of sp³-hybridized carbons (Fsp3) is 0.939. The summed E-state index contributed by atoms with van der Waals surface area (Å²) in [6.45, 7) is 4.75. The lowest BCUT2D eigenvalue weighted by Gasteiger charge is -2.69. The van der Waals surface area contributed by atoms with Gasteiger partial charge in [-0.15, -0.1) is 0 Å². The van der Waals surface area contributed by atoms with Crippen molar-refractivity contribution in [1.82, 2.24) is 0 Å². The van der Waals surface area contributed by atoms with Gasteiger partial charge in [0.05, 0.1) is 44.6 Å². The summed E-state index contributed by atoms with van der Waals surface area (Å²) < 4.78 is 59.9. The molecule has 0 aromatic carbocycles. The van der Waals surface area contributed by atoms with Crippen LogP contribution in [-0.2, 0) is 52.2 Å². The maximum atomic E-state index is 14.8. The quantitative estimate of drug-likeness (QED) is 0.0437. The van der Waals surface area contributed by atoms with E-state index in [1.807, 2.05) is 6.92 Å². The zero-order chi connectivity index (χ0) is 55.1. The van der Waals surface area contributed by atoms with Gasteiger partial charge in [-0.3, -0.25) is 4.79 Å². The molecule has 0 amide bonds. The summed E-state index contributed by atoms with van der Waals surface area (Å²) in [7, 11) is 0. The van der Waals surface area contributed by atoms with Gasteiger partial charge < -0.3 is 129 Å². The third kappa shape index (κ3) is 10.2. The van der Waals surface area contributed by atoms with Crippen molar-refractivity contribution >= 4 is 5.97 Å². The van der Waals surface area contributed by atoms with E-state index in [4.69, 9.17) is 47.4 Å². The molecule has 1 spiro atoms. The van der Waals surface area contributed by atoms with Gasteiger partial charge in [-0.1, -0.05) is 25.5 Å². The molecule has 10 rings (SSSR count). The van der Waals surface area contributed by atoms with Gasteiger partial charge in [0, 0.05) is 5.92 Å². The maximum Gasteiger partial charge on any atom is 0.314 e. The van der Waals surface area contributed by atoms with Crippen LogP contribution in [0.2, 0.25) is 0 Å². The van der Waals surface area contributed by atoms with Gasteiger partial charge in [0.25, 0.3) is 0 Å². The molecule has 5 aliphatic carbocycles. The van der Waals surface area contributed by atoms with Crippen molar-refractivity contribution in [2.45, 2.75) is 219 Å². The van der Waals surface area contributed by atoms with Gasteiger partial charge in [0.2, 0.25) is 6.29 Å². The maximum absolute atomic E-state index is 14.8. The molecule has 27 heteroatoms. The largest absolute Gasteiger partial charge is 0.432 e. The normalized spacial score (nSPS) is 54.6. The highest BCUT2D eigenvalue weighted by Gasteiger charge is 2.68. The molecule has 0 aromatic rings. The number of aliphatic hydroxyl groups excluding tert-OH is 16. The number of carbonyl (C=O) groups is 1. The molecule has 0 radical (unpaired) electrons. The minimum Gasteiger partial charge on any atom is -0.432 e. The second-order valence-corrected chi connectivity index (χ2v) is 23.1. The Labute approximate surface area is 437 Å². The van der Waals surface area contributed by atoms with Gasteiger partial charge in [0.1, 0.15) is 110 Å². The van der Waals surface area contributed by atoms with Crippen LogP contribution in [-0.4, -0.2) is 274 Å². The SMILES string of the molecule is C=C1C[C@@]23CC[C@H]4[C@@](C)(CCC[C@@]4(C)C(=O)OC4OC(CO)C(O)C(O)C4OC4OCC(O)C(O)C4O)[C@@H]2CC1[C@H](OC1OC(CO)C(O)C(OC2OC(CO)C(O)C(O)C2O)C1OC1OC(CO)C(O)C(O)C1O)C3. The van der Waals surface area contributed by atoms with E-state index in [2.05, 4.69) is 13.5 Å². The van der Waals surface area contributed by atoms with Gasteiger partial charge in [0.15, 0.2) is 31.3 Å². The molecule has 16 N–H and O–H groups in total. The monoisotopic (exact) mass is 1100 g/mol. The molecule has 5 aliphatic heterocycles. The molecule has 25 unspecified atom stereocenters. The topological polar surface area (TPSA) is 433 Å². The van der Waals surface area contributed by atoms with Crippen LogP contribution in [0.15, 0.2) is 12.2 Å². The molecular formula is C49H78O27. The summed E-state index contributed by atoms with van der Waals surface area (Å²) in [4.78, 5) is 14.8. The van der Waals surface area contributed by atoms with Crippen molar-refractivity contribution in [3.63, 3.8) is 0 Å². The number of fused-ring (bicyclic) bond motifs is 3. The number of carbonyl (C=O) groups excluding carboxylic acids is 1. The van der Waals surface area contributed by atoms with Gasteiger partial charge in [-0.05, 0) is 74.5 Å². The highest BCUT2D eigenvalue weighted by Crippen LogP contribution is 2.72. The Morgan fingerprint density at radius 3 is 1.66 bits per heavy atom. The number of esters is 1. The van der Waals surface area contributed by atoms with E-state index in [0.717, 1.165) is 12.0 Å². The van der Waals surface area contributed by atoms with Crippen LogP contribution in [0.4, 0.5) is 0 Å². The average Bonchev–Trinajstić information content (AvgIpc) is 3.44. The molecule has 31 atom stereocenters. The molecule has 2 bridgehead atoms. The first-order valence-electron chi connectivity index (χ1n) is 26.3. The Morgan fingerprint density at radius 1 is 0.553 bits per heavy atom. The van der Waals surface area contributed by atoms with E-state index in [-0.39, 0.29) is 17.8 Å². The number of hydrogen-bond acceptors (Lipinski definition) is 27. The van der Waals surface area contributed by atoms with Crippen molar-refractivity contribution in [3.05, 3.63) is 12.2 Å². The molecular weight excluding hydrogens is 1020 g/mol. The molecule has 5 heterocycles. The number of ether oxygens (including phenoxy) is 10. The van der Waals surface area contributed by atoms with Crippen LogP contribution in [0.3, 0.4) is 0 Å². The second-order valence-electron chi connectivity index (χ2n) is 23.1. The lowest BCUT2D eigenvalue weighted by atomic mass is 9.36. The fourth-order valence-corrected chi connectivity index (χ4v) is 14.6. The third-order valence-electron chi connectivity index (χ3n) is 18.7. The predicted octanol–water partition coefficient (Wildman–Crippen LogP) is -6.79. The van der Waals surface area contributed by atoms with Crippen LogP contribution < -0.4 is 0 Å². The van der Waals surface area contributed by atoms with E-state index in [1.165, 1.54) is 0 Å². The van der Waals surface area contributed by atoms with E-state index in [1.54, 1.807) is 0 Å². The summed E-state index contributed by atoms with van der Waals surface area (Å²) in [5, 5.41) is 170. The zero-order valence-electron chi connectivity index (χ0n) is 42.2. The minimum atomic E-state index is -1.98. The first-order valence-corrected chi connectivity index (χ1v) is 26.3. The molecule has 0 aromatic heterocycles. The minimum absolute atomic E-state index is 0.0336. The van der Waals surface area contributed by atoms with Crippen molar-refractivity contribution in [2.75, 3.05) is 33.0 Å². The molecule has 10 aliphatic rings. The summed E-state index contributed by atoms with van der Waals surface area (Å²) in [5.74, 6) is -1.40. The standard InChI is InChI=1S/C49H78O27/c1-17-10-49-8-5-25-47(2,6-4-7-48(25,3)46(66)76-44-39(34(62)30(58)23(14-52)71-44)74-41-35(63)27(55)19(54)16-67-41)26(49)9-18(17)20(11-49)68-45-40(75-43-37(65)33(61)29(57)22(13-51)70-43)38(31(59)24(15-53)72-45)73-42-36(64)32(60)28(56)21(12-50)69-42/h18-45,50-65H,1,4-16H2,2-3H3/t18?,19?,20-,21?,22?,23?,24?,25+,26+,27?,28?,29?,30?,31?,32?,33?,34?,35?,36?,37?,38?,39?,40?,41?,42?,43?,44?,45?,47-,48-,49-/m1/s1. The van der Waals surface area contributed by atoms with E-state index < -0.39 is 209 Å². The number of rotatable bonds is 14. The van der Waals surface area contributed by atoms with E-state index in [0.29, 0.717) is 44.9 Å². The first kappa shape index (κ1) is 58.9. The molecule has 27 nitrogen and oxygen atoms in total. The number of aliphatic hydroxyl groups is 16. The number of hydrogen-bond donors (Lipinski definition) is 16. The molecule has 5 saturated heterocycles. The van der Waals surface area contributed by atoms with E-state index >= 15 is 0 Å². The molecule has 5 saturated carbocycles. The highest BCUT2D eigenvalue weighted by atomic mass is 16.8. The molecule has 10 fully saturated rings. The fourth-order valence-electron chi connectivity index (χ4n) is 14.6. The summed E-state index contributed by atoms with van der Waals surface area (Å²) in [5.41, 5.74) is -1.29. The summed E-state index contributed by atoms with van der Waals surface area (Å²) in [6, 6.07) is 0. The Bertz CT molecular complexity index is 2000.